The predicted octanol–water partition coefficient (Wildman–Crippen LogP) is 3.19. The molecule has 0 amide bonds. The second-order valence-electron chi connectivity index (χ2n) is 4.42. The fraction of sp³-hybridized carbons (Fsp3) is 0.692. The van der Waals surface area contributed by atoms with E-state index in [4.69, 9.17) is 5.11 Å². The minimum atomic E-state index is -0.724. The molecular formula is C13H22O3. The molecule has 92 valence electrons. The Morgan fingerprint density at radius 3 is 2.38 bits per heavy atom. The van der Waals surface area contributed by atoms with Gasteiger partial charge in [-0.25, -0.2) is 0 Å². The Kier molecular flexibility index (Phi) is 7.52. The van der Waals surface area contributed by atoms with Crippen molar-refractivity contribution in [2.75, 3.05) is 0 Å². The fourth-order valence-corrected chi connectivity index (χ4v) is 1.43. The van der Waals surface area contributed by atoms with Crippen LogP contribution in [0.3, 0.4) is 0 Å². The number of rotatable bonds is 8. The van der Waals surface area contributed by atoms with Gasteiger partial charge in [0.2, 0.25) is 0 Å². The second-order valence-corrected chi connectivity index (χ2v) is 4.42. The molecule has 1 atom stereocenters. The Morgan fingerprint density at radius 1 is 1.25 bits per heavy atom. The van der Waals surface area contributed by atoms with Crippen molar-refractivity contribution in [1.82, 2.24) is 0 Å². The normalized spacial score (nSPS) is 13.6. The third-order valence-corrected chi connectivity index (χ3v) is 2.62. The van der Waals surface area contributed by atoms with E-state index in [9.17, 15) is 9.59 Å². The van der Waals surface area contributed by atoms with Crippen molar-refractivity contribution < 1.29 is 14.7 Å². The van der Waals surface area contributed by atoms with Gasteiger partial charge in [0.15, 0.2) is 0 Å². The highest BCUT2D eigenvalue weighted by Crippen LogP contribution is 2.13. The highest BCUT2D eigenvalue weighted by molar-refractivity contribution is 5.75. The van der Waals surface area contributed by atoms with E-state index in [1.165, 1.54) is 5.57 Å². The molecule has 0 aromatic heterocycles. The number of hydrogen-bond donors (Lipinski definition) is 1. The zero-order valence-electron chi connectivity index (χ0n) is 10.5. The van der Waals surface area contributed by atoms with Gasteiger partial charge in [0.05, 0.1) is 5.92 Å². The van der Waals surface area contributed by atoms with Gasteiger partial charge in [0.25, 0.3) is 0 Å². The van der Waals surface area contributed by atoms with Gasteiger partial charge < -0.3 is 9.90 Å². The van der Waals surface area contributed by atoms with E-state index < -0.39 is 5.97 Å². The van der Waals surface area contributed by atoms with Crippen LogP contribution in [-0.4, -0.2) is 16.9 Å². The third-order valence-electron chi connectivity index (χ3n) is 2.62. The molecule has 0 aliphatic carbocycles. The lowest BCUT2D eigenvalue weighted by atomic mass is 10.0. The predicted molar refractivity (Wildman–Crippen MR) is 64.3 cm³/mol. The first-order valence-electron chi connectivity index (χ1n) is 5.81. The maximum Gasteiger partial charge on any atom is 0.306 e. The van der Waals surface area contributed by atoms with Gasteiger partial charge in [0.1, 0.15) is 5.78 Å². The van der Waals surface area contributed by atoms with Crippen molar-refractivity contribution in [3.63, 3.8) is 0 Å². The number of hydrogen-bond acceptors (Lipinski definition) is 2. The molecule has 16 heavy (non-hydrogen) atoms. The van der Waals surface area contributed by atoms with E-state index in [1.54, 1.807) is 13.8 Å². The molecule has 0 aliphatic heterocycles. The molecule has 0 fully saturated rings. The Balaban J connectivity index is 3.68. The number of ketones is 1. The Bertz CT molecular complexity index is 266. The van der Waals surface area contributed by atoms with E-state index in [0.29, 0.717) is 12.8 Å². The smallest absolute Gasteiger partial charge is 0.306 e. The maximum absolute atomic E-state index is 10.7. The summed E-state index contributed by atoms with van der Waals surface area (Å²) in [6, 6.07) is 0. The summed E-state index contributed by atoms with van der Waals surface area (Å²) in [5.41, 5.74) is 1.25. The van der Waals surface area contributed by atoms with Crippen LogP contribution in [0.5, 0.6) is 0 Å². The van der Waals surface area contributed by atoms with E-state index in [2.05, 4.69) is 6.08 Å². The van der Waals surface area contributed by atoms with Gasteiger partial charge >= 0.3 is 5.97 Å². The summed E-state index contributed by atoms with van der Waals surface area (Å²) in [6.07, 6.45) is 6.02. The van der Waals surface area contributed by atoms with Gasteiger partial charge in [-0.2, -0.15) is 0 Å². The zero-order chi connectivity index (χ0) is 12.6. The summed E-state index contributed by atoms with van der Waals surface area (Å²) < 4.78 is 0. The molecule has 0 aliphatic rings. The Morgan fingerprint density at radius 2 is 1.88 bits per heavy atom. The number of carbonyl (C=O) groups is 2. The number of carboxylic acids is 1. The molecular weight excluding hydrogens is 204 g/mol. The van der Waals surface area contributed by atoms with E-state index in [-0.39, 0.29) is 11.7 Å². The summed E-state index contributed by atoms with van der Waals surface area (Å²) in [5, 5.41) is 8.70. The maximum atomic E-state index is 10.7. The van der Waals surface area contributed by atoms with Crippen LogP contribution in [-0.2, 0) is 9.59 Å². The van der Waals surface area contributed by atoms with E-state index in [0.717, 1.165) is 19.3 Å². The molecule has 1 unspecified atom stereocenters. The minimum absolute atomic E-state index is 0.212. The highest BCUT2D eigenvalue weighted by Gasteiger charge is 2.09. The van der Waals surface area contributed by atoms with Gasteiger partial charge in [-0.15, -0.1) is 0 Å². The molecule has 0 saturated heterocycles. The molecule has 0 bridgehead atoms. The van der Waals surface area contributed by atoms with Gasteiger partial charge in [0, 0.05) is 6.42 Å². The standard InChI is InChI=1S/C13H22O3/c1-10(7-5-9-12(3)14)6-4-8-11(2)13(15)16/h7,11H,4-6,8-9H2,1-3H3,(H,15,16)/b10-7-. The summed E-state index contributed by atoms with van der Waals surface area (Å²) in [4.78, 5) is 21.3. The molecule has 3 nitrogen and oxygen atoms in total. The summed E-state index contributed by atoms with van der Waals surface area (Å²) >= 11 is 0. The topological polar surface area (TPSA) is 54.4 Å². The van der Waals surface area contributed by atoms with Crippen LogP contribution in [0.2, 0.25) is 0 Å². The van der Waals surface area contributed by atoms with Gasteiger partial charge in [-0.3, -0.25) is 4.79 Å². The molecule has 0 saturated carbocycles. The van der Waals surface area contributed by atoms with E-state index in [1.807, 2.05) is 6.92 Å². The Labute approximate surface area is 97.5 Å². The van der Waals surface area contributed by atoms with Crippen molar-refractivity contribution in [3.8, 4) is 0 Å². The van der Waals surface area contributed by atoms with Crippen molar-refractivity contribution >= 4 is 11.8 Å². The number of carboxylic acid groups (broad SMARTS) is 1. The molecule has 0 heterocycles. The molecule has 0 aromatic carbocycles. The Hall–Kier alpha value is -1.12. The molecule has 0 aromatic rings. The SMILES string of the molecule is CC(=O)CC/C=C(/C)CCCC(C)C(=O)O. The van der Waals surface area contributed by atoms with Crippen LogP contribution in [0, 0.1) is 5.92 Å². The largest absolute Gasteiger partial charge is 0.481 e. The first-order valence-corrected chi connectivity index (χ1v) is 5.81. The molecule has 0 spiro atoms. The van der Waals surface area contributed by atoms with Crippen molar-refractivity contribution in [2.24, 2.45) is 5.92 Å². The molecule has 0 rings (SSSR count). The number of aliphatic carboxylic acids is 1. The second kappa shape index (κ2) is 8.08. The van der Waals surface area contributed by atoms with Gasteiger partial charge in [-0.05, 0) is 39.5 Å². The van der Waals surface area contributed by atoms with E-state index >= 15 is 0 Å². The molecule has 3 heteroatoms. The summed E-state index contributed by atoms with van der Waals surface area (Å²) in [5.74, 6) is -0.771. The number of carbonyl (C=O) groups excluding carboxylic acids is 1. The lowest BCUT2D eigenvalue weighted by Crippen LogP contribution is -2.08. The fourth-order valence-electron chi connectivity index (χ4n) is 1.43. The van der Waals surface area contributed by atoms with Crippen molar-refractivity contribution in [1.29, 1.82) is 0 Å². The summed E-state index contributed by atoms with van der Waals surface area (Å²) in [6.45, 7) is 5.36. The van der Waals surface area contributed by atoms with Crippen LogP contribution in [0.15, 0.2) is 11.6 Å². The highest BCUT2D eigenvalue weighted by atomic mass is 16.4. The first-order chi connectivity index (χ1) is 7.43. The molecule has 1 N–H and O–H groups in total. The first kappa shape index (κ1) is 14.9. The van der Waals surface area contributed by atoms with Crippen LogP contribution < -0.4 is 0 Å². The monoisotopic (exact) mass is 226 g/mol. The average Bonchev–Trinajstić information content (AvgIpc) is 2.16. The quantitative estimate of drug-likeness (QED) is 0.647. The lowest BCUT2D eigenvalue weighted by molar-refractivity contribution is -0.141. The van der Waals surface area contributed by atoms with Crippen LogP contribution in [0.1, 0.15) is 52.9 Å². The third kappa shape index (κ3) is 8.21. The minimum Gasteiger partial charge on any atom is -0.481 e. The zero-order valence-corrected chi connectivity index (χ0v) is 10.5. The summed E-state index contributed by atoms with van der Waals surface area (Å²) in [7, 11) is 0. The van der Waals surface area contributed by atoms with Gasteiger partial charge in [-0.1, -0.05) is 18.6 Å². The van der Waals surface area contributed by atoms with Crippen LogP contribution >= 0.6 is 0 Å². The molecule has 0 radical (unpaired) electrons. The number of allylic oxidation sites excluding steroid dienone is 2. The van der Waals surface area contributed by atoms with Crippen LogP contribution in [0.25, 0.3) is 0 Å². The number of Topliss-reactive ketones (excluding diaryl/α,β-unsaturated/α-hetero) is 1. The lowest BCUT2D eigenvalue weighted by Gasteiger charge is -2.05. The van der Waals surface area contributed by atoms with Crippen LogP contribution in [0.4, 0.5) is 0 Å². The van der Waals surface area contributed by atoms with Crippen molar-refractivity contribution in [3.05, 3.63) is 11.6 Å². The average molecular weight is 226 g/mol. The van der Waals surface area contributed by atoms with Crippen molar-refractivity contribution in [2.45, 2.75) is 52.9 Å².